The highest BCUT2D eigenvalue weighted by Crippen LogP contribution is 2.29. The van der Waals surface area contributed by atoms with Crippen LogP contribution in [0.5, 0.6) is 0 Å². The van der Waals surface area contributed by atoms with E-state index in [0.29, 0.717) is 25.2 Å². The highest BCUT2D eigenvalue weighted by Gasteiger charge is 2.28. The lowest BCUT2D eigenvalue weighted by molar-refractivity contribution is 0.102. The third-order valence-electron chi connectivity index (χ3n) is 4.99. The molecule has 0 aromatic carbocycles. The van der Waals surface area contributed by atoms with Gasteiger partial charge in [-0.15, -0.1) is 0 Å². The van der Waals surface area contributed by atoms with E-state index in [0.717, 1.165) is 0 Å². The molecule has 0 radical (unpaired) electrons. The summed E-state index contributed by atoms with van der Waals surface area (Å²) in [5.41, 5.74) is 5.40. The number of fused-ring (bicyclic) bond motifs is 1. The average molecular weight is 447 g/mol. The minimum Gasteiger partial charge on any atom is -0.351 e. The monoisotopic (exact) mass is 446 g/mol. The van der Waals surface area contributed by atoms with E-state index in [1.807, 2.05) is 0 Å². The van der Waals surface area contributed by atoms with E-state index in [-0.39, 0.29) is 32.7 Å². The van der Waals surface area contributed by atoms with Gasteiger partial charge >= 0.3 is 6.03 Å². The predicted octanol–water partition coefficient (Wildman–Crippen LogP) is 2.68. The van der Waals surface area contributed by atoms with Crippen LogP contribution in [-0.4, -0.2) is 44.5 Å². The van der Waals surface area contributed by atoms with Gasteiger partial charge in [0.2, 0.25) is 5.43 Å². The lowest BCUT2D eigenvalue weighted by Crippen LogP contribution is -2.34. The maximum Gasteiger partial charge on any atom is 0.314 e. The molecule has 3 amide bonds. The lowest BCUT2D eigenvalue weighted by atomic mass is 10.1. The van der Waals surface area contributed by atoms with Crippen LogP contribution in [0, 0.1) is 0 Å². The molecule has 1 aliphatic rings. The number of aromatic nitrogens is 3. The summed E-state index contributed by atoms with van der Waals surface area (Å²) in [6.07, 6.45) is 6.30. The van der Waals surface area contributed by atoms with Crippen molar-refractivity contribution < 1.29 is 9.59 Å². The van der Waals surface area contributed by atoms with E-state index in [2.05, 4.69) is 15.3 Å². The van der Waals surface area contributed by atoms with Gasteiger partial charge in [-0.2, -0.15) is 0 Å². The highest BCUT2D eigenvalue weighted by atomic mass is 35.5. The summed E-state index contributed by atoms with van der Waals surface area (Å²) in [6, 6.07) is 2.52. The zero-order chi connectivity index (χ0) is 21.4. The van der Waals surface area contributed by atoms with Crippen molar-refractivity contribution in [1.82, 2.24) is 19.4 Å². The van der Waals surface area contributed by atoms with Crippen LogP contribution < -0.4 is 16.5 Å². The maximum atomic E-state index is 13.0. The number of hydrogen-bond donors (Lipinski definition) is 2. The van der Waals surface area contributed by atoms with Crippen molar-refractivity contribution in [2.75, 3.05) is 18.4 Å². The lowest BCUT2D eigenvalue weighted by Gasteiger charge is -2.19. The van der Waals surface area contributed by atoms with Crippen molar-refractivity contribution in [3.63, 3.8) is 0 Å². The largest absolute Gasteiger partial charge is 0.351 e. The Kier molecular flexibility index (Phi) is 5.31. The molecule has 0 bridgehead atoms. The van der Waals surface area contributed by atoms with E-state index in [9.17, 15) is 14.4 Å². The van der Waals surface area contributed by atoms with Crippen molar-refractivity contribution in [2.24, 2.45) is 5.73 Å². The smallest absolute Gasteiger partial charge is 0.314 e. The molecule has 1 fully saturated rings. The van der Waals surface area contributed by atoms with Gasteiger partial charge in [-0.3, -0.25) is 14.6 Å². The predicted molar refractivity (Wildman–Crippen MR) is 113 cm³/mol. The summed E-state index contributed by atoms with van der Waals surface area (Å²) >= 11 is 12.1. The number of nitrogens with two attached hydrogens (primary N) is 1. The SMILES string of the molecule is NC(=O)N1CC[C@H](n2cc(C(=O)Nc3c(Cl)cncc3Cl)c(=O)c3cccnc32)C1. The first-order valence-corrected chi connectivity index (χ1v) is 9.77. The summed E-state index contributed by atoms with van der Waals surface area (Å²) in [5, 5.41) is 3.16. The summed E-state index contributed by atoms with van der Waals surface area (Å²) in [4.78, 5) is 47.1. The Morgan fingerprint density at radius 2 is 1.97 bits per heavy atom. The zero-order valence-corrected chi connectivity index (χ0v) is 17.0. The normalized spacial score (nSPS) is 16.1. The second kappa shape index (κ2) is 7.92. The second-order valence-corrected chi connectivity index (χ2v) is 7.63. The molecule has 11 heteroatoms. The molecule has 3 aromatic heterocycles. The first-order valence-electron chi connectivity index (χ1n) is 9.01. The van der Waals surface area contributed by atoms with E-state index in [1.165, 1.54) is 23.5 Å². The van der Waals surface area contributed by atoms with Gasteiger partial charge in [0.1, 0.15) is 11.2 Å². The van der Waals surface area contributed by atoms with Crippen LogP contribution in [0.15, 0.2) is 41.7 Å². The molecule has 3 aromatic rings. The fourth-order valence-electron chi connectivity index (χ4n) is 3.50. The number of hydrogen-bond acceptors (Lipinski definition) is 5. The molecule has 0 aliphatic carbocycles. The number of amides is 3. The summed E-state index contributed by atoms with van der Waals surface area (Å²) in [5.74, 6) is -0.667. The van der Waals surface area contributed by atoms with Crippen molar-refractivity contribution in [2.45, 2.75) is 12.5 Å². The van der Waals surface area contributed by atoms with Gasteiger partial charge < -0.3 is 20.5 Å². The summed E-state index contributed by atoms with van der Waals surface area (Å²) in [7, 11) is 0. The number of nitrogens with zero attached hydrogens (tertiary/aromatic N) is 4. The number of pyridine rings is 3. The van der Waals surface area contributed by atoms with Gasteiger partial charge in [0.15, 0.2) is 0 Å². The summed E-state index contributed by atoms with van der Waals surface area (Å²) in [6.45, 7) is 0.831. The number of likely N-dealkylation sites (tertiary alicyclic amines) is 1. The Bertz CT molecular complexity index is 1210. The van der Waals surface area contributed by atoms with Gasteiger partial charge in [-0.25, -0.2) is 9.78 Å². The minimum absolute atomic E-state index is 0.100. The number of rotatable bonds is 3. The molecular weight excluding hydrogens is 431 g/mol. The topological polar surface area (TPSA) is 123 Å². The van der Waals surface area contributed by atoms with E-state index < -0.39 is 17.4 Å². The Hall–Kier alpha value is -3.17. The molecule has 1 atom stereocenters. The van der Waals surface area contributed by atoms with Crippen LogP contribution in [0.1, 0.15) is 22.8 Å². The molecule has 0 spiro atoms. The fraction of sp³-hybridized carbons (Fsp3) is 0.211. The standard InChI is InChI=1S/C19H16Cl2N6O3/c20-13-6-23-7-14(21)15(13)25-18(29)12-9-27(10-3-5-26(8-10)19(22)30)17-11(16(12)28)2-1-4-24-17/h1-2,4,6-7,9-10H,3,5,8H2,(H2,22,30)(H,23,25,29)/t10-/m0/s1. The molecule has 1 aliphatic heterocycles. The van der Waals surface area contributed by atoms with E-state index in [1.54, 1.807) is 22.9 Å². The van der Waals surface area contributed by atoms with Crippen molar-refractivity contribution in [3.05, 3.63) is 62.8 Å². The third kappa shape index (κ3) is 3.57. The molecule has 30 heavy (non-hydrogen) atoms. The molecule has 3 N–H and O–H groups in total. The Morgan fingerprint density at radius 3 is 2.63 bits per heavy atom. The number of carbonyl (C=O) groups is 2. The molecule has 4 rings (SSSR count). The molecule has 0 saturated carbocycles. The molecule has 1 saturated heterocycles. The molecule has 0 unspecified atom stereocenters. The average Bonchev–Trinajstić information content (AvgIpc) is 3.21. The fourth-order valence-corrected chi connectivity index (χ4v) is 3.96. The second-order valence-electron chi connectivity index (χ2n) is 6.81. The Labute approximate surface area is 180 Å². The minimum atomic E-state index is -0.667. The Morgan fingerprint density at radius 1 is 1.23 bits per heavy atom. The number of primary amides is 1. The van der Waals surface area contributed by atoms with Crippen LogP contribution in [-0.2, 0) is 0 Å². The van der Waals surface area contributed by atoms with Crippen molar-refractivity contribution in [3.8, 4) is 0 Å². The Balaban J connectivity index is 1.79. The van der Waals surface area contributed by atoms with Gasteiger partial charge in [0.05, 0.1) is 27.2 Å². The van der Waals surface area contributed by atoms with E-state index >= 15 is 0 Å². The van der Waals surface area contributed by atoms with Gasteiger partial charge in [0.25, 0.3) is 5.91 Å². The number of nitrogens with one attached hydrogen (secondary N) is 1. The molecule has 154 valence electrons. The van der Waals surface area contributed by atoms with Gasteiger partial charge in [-0.1, -0.05) is 23.2 Å². The molecule has 9 nitrogen and oxygen atoms in total. The summed E-state index contributed by atoms with van der Waals surface area (Å²) < 4.78 is 1.74. The number of halogens is 2. The first kappa shape index (κ1) is 20.1. The zero-order valence-electron chi connectivity index (χ0n) is 15.5. The first-order chi connectivity index (χ1) is 14.4. The molecular formula is C19H16Cl2N6O3. The third-order valence-corrected chi connectivity index (χ3v) is 5.57. The quantitative estimate of drug-likeness (QED) is 0.639. The number of urea groups is 1. The van der Waals surface area contributed by atoms with Crippen LogP contribution in [0.3, 0.4) is 0 Å². The van der Waals surface area contributed by atoms with Crippen LogP contribution in [0.25, 0.3) is 11.0 Å². The van der Waals surface area contributed by atoms with Crippen LogP contribution in [0.4, 0.5) is 10.5 Å². The van der Waals surface area contributed by atoms with Crippen molar-refractivity contribution >= 4 is 51.9 Å². The van der Waals surface area contributed by atoms with Crippen LogP contribution in [0.2, 0.25) is 10.0 Å². The van der Waals surface area contributed by atoms with Gasteiger partial charge in [0, 0.05) is 37.9 Å². The van der Waals surface area contributed by atoms with E-state index in [4.69, 9.17) is 28.9 Å². The maximum absolute atomic E-state index is 13.0. The van der Waals surface area contributed by atoms with Crippen molar-refractivity contribution in [1.29, 1.82) is 0 Å². The van der Waals surface area contributed by atoms with Crippen LogP contribution >= 0.6 is 23.2 Å². The van der Waals surface area contributed by atoms with Gasteiger partial charge in [-0.05, 0) is 18.6 Å². The number of anilines is 1. The number of carbonyl (C=O) groups excluding carboxylic acids is 2. The molecule has 4 heterocycles. The highest BCUT2D eigenvalue weighted by molar-refractivity contribution is 6.39.